The molecule has 0 aliphatic rings. The van der Waals surface area contributed by atoms with Crippen molar-refractivity contribution in [3.63, 3.8) is 0 Å². The summed E-state index contributed by atoms with van der Waals surface area (Å²) >= 11 is 5.16. The van der Waals surface area contributed by atoms with E-state index in [1.165, 1.54) is 4.90 Å². The fraction of sp³-hybridized carbons (Fsp3) is 0.200. The summed E-state index contributed by atoms with van der Waals surface area (Å²) in [4.78, 5) is 5.32. The molecule has 0 N–H and O–H groups in total. The molecule has 0 saturated carbocycles. The number of aromatic nitrogens is 2. The Morgan fingerprint density at radius 3 is 2.87 bits per heavy atom. The SMILES string of the molecule is Cc1noc(CSc2ccccc2Br)n1. The third kappa shape index (κ3) is 2.82. The van der Waals surface area contributed by atoms with E-state index in [4.69, 9.17) is 4.52 Å². The highest BCUT2D eigenvalue weighted by molar-refractivity contribution is 9.10. The van der Waals surface area contributed by atoms with Crippen LogP contribution in [-0.2, 0) is 5.75 Å². The molecule has 78 valence electrons. The van der Waals surface area contributed by atoms with E-state index in [0.717, 1.165) is 4.47 Å². The van der Waals surface area contributed by atoms with Gasteiger partial charge in [-0.1, -0.05) is 17.3 Å². The van der Waals surface area contributed by atoms with E-state index in [2.05, 4.69) is 32.1 Å². The van der Waals surface area contributed by atoms with Crippen LogP contribution < -0.4 is 0 Å². The highest BCUT2D eigenvalue weighted by Crippen LogP contribution is 2.29. The van der Waals surface area contributed by atoms with Crippen LogP contribution in [0.4, 0.5) is 0 Å². The van der Waals surface area contributed by atoms with E-state index in [1.54, 1.807) is 11.8 Å². The molecule has 15 heavy (non-hydrogen) atoms. The maximum atomic E-state index is 5.03. The van der Waals surface area contributed by atoms with Gasteiger partial charge >= 0.3 is 0 Å². The fourth-order valence-electron chi connectivity index (χ4n) is 1.10. The van der Waals surface area contributed by atoms with Crippen LogP contribution >= 0.6 is 27.7 Å². The van der Waals surface area contributed by atoms with Crippen molar-refractivity contribution in [2.75, 3.05) is 0 Å². The van der Waals surface area contributed by atoms with Crippen molar-refractivity contribution < 1.29 is 4.52 Å². The molecule has 0 aliphatic heterocycles. The van der Waals surface area contributed by atoms with Crippen LogP contribution in [0.25, 0.3) is 0 Å². The second-order valence-electron chi connectivity index (χ2n) is 2.95. The lowest BCUT2D eigenvalue weighted by Crippen LogP contribution is -1.81. The lowest BCUT2D eigenvalue weighted by atomic mass is 10.4. The number of halogens is 1. The van der Waals surface area contributed by atoms with E-state index in [-0.39, 0.29) is 0 Å². The molecule has 0 aliphatic carbocycles. The molecule has 0 unspecified atom stereocenters. The van der Waals surface area contributed by atoms with Crippen LogP contribution in [-0.4, -0.2) is 10.1 Å². The van der Waals surface area contributed by atoms with Crippen molar-refractivity contribution >= 4 is 27.7 Å². The summed E-state index contributed by atoms with van der Waals surface area (Å²) in [6.45, 7) is 1.82. The van der Waals surface area contributed by atoms with E-state index in [1.807, 2.05) is 25.1 Å². The Labute approximate surface area is 100 Å². The van der Waals surface area contributed by atoms with Crippen molar-refractivity contribution in [3.8, 4) is 0 Å². The summed E-state index contributed by atoms with van der Waals surface area (Å²) in [6.07, 6.45) is 0. The highest BCUT2D eigenvalue weighted by atomic mass is 79.9. The van der Waals surface area contributed by atoms with Crippen molar-refractivity contribution in [3.05, 3.63) is 40.5 Å². The first kappa shape index (κ1) is 10.7. The Bertz CT molecular complexity index is 458. The molecule has 2 rings (SSSR count). The van der Waals surface area contributed by atoms with E-state index >= 15 is 0 Å². The molecule has 1 heterocycles. The molecule has 5 heteroatoms. The number of hydrogen-bond acceptors (Lipinski definition) is 4. The van der Waals surface area contributed by atoms with Gasteiger partial charge in [-0.05, 0) is 35.0 Å². The average Bonchev–Trinajstić information content (AvgIpc) is 2.63. The molecular weight excluding hydrogens is 276 g/mol. The molecule has 1 aromatic carbocycles. The van der Waals surface area contributed by atoms with Crippen LogP contribution in [0.3, 0.4) is 0 Å². The number of aryl methyl sites for hydroxylation is 1. The Morgan fingerprint density at radius 2 is 2.20 bits per heavy atom. The van der Waals surface area contributed by atoms with Crippen LogP contribution in [0.15, 0.2) is 38.2 Å². The van der Waals surface area contributed by atoms with Crippen LogP contribution in [0.5, 0.6) is 0 Å². The van der Waals surface area contributed by atoms with Gasteiger partial charge in [-0.2, -0.15) is 4.98 Å². The van der Waals surface area contributed by atoms with Gasteiger partial charge in [0.25, 0.3) is 0 Å². The zero-order chi connectivity index (χ0) is 10.7. The van der Waals surface area contributed by atoms with Gasteiger partial charge in [0, 0.05) is 9.37 Å². The first-order valence-electron chi connectivity index (χ1n) is 4.42. The van der Waals surface area contributed by atoms with E-state index in [9.17, 15) is 0 Å². The first-order chi connectivity index (χ1) is 7.25. The number of hydrogen-bond donors (Lipinski definition) is 0. The van der Waals surface area contributed by atoms with Crippen molar-refractivity contribution in [1.82, 2.24) is 10.1 Å². The number of thioether (sulfide) groups is 1. The Morgan fingerprint density at radius 1 is 1.40 bits per heavy atom. The standard InChI is InChI=1S/C10H9BrN2OS/c1-7-12-10(14-13-7)6-15-9-5-3-2-4-8(9)11/h2-5H,6H2,1H3. The van der Waals surface area contributed by atoms with Crippen molar-refractivity contribution in [2.24, 2.45) is 0 Å². The molecule has 0 fully saturated rings. The fourth-order valence-corrected chi connectivity index (χ4v) is 2.51. The topological polar surface area (TPSA) is 38.9 Å². The maximum absolute atomic E-state index is 5.03. The number of rotatable bonds is 3. The molecule has 2 aromatic rings. The van der Waals surface area contributed by atoms with Crippen molar-refractivity contribution in [1.29, 1.82) is 0 Å². The molecule has 0 radical (unpaired) electrons. The second-order valence-corrected chi connectivity index (χ2v) is 4.83. The number of nitrogens with zero attached hydrogens (tertiary/aromatic N) is 2. The summed E-state index contributed by atoms with van der Waals surface area (Å²) in [5, 5.41) is 3.74. The molecule has 3 nitrogen and oxygen atoms in total. The van der Waals surface area contributed by atoms with Gasteiger partial charge in [0.05, 0.1) is 5.75 Å². The molecule has 0 saturated heterocycles. The Kier molecular flexibility index (Phi) is 3.43. The monoisotopic (exact) mass is 284 g/mol. The van der Waals surface area contributed by atoms with Gasteiger partial charge in [0.2, 0.25) is 5.89 Å². The zero-order valence-corrected chi connectivity index (χ0v) is 10.5. The minimum Gasteiger partial charge on any atom is -0.338 e. The summed E-state index contributed by atoms with van der Waals surface area (Å²) in [5.74, 6) is 2.04. The molecule has 0 atom stereocenters. The van der Waals surface area contributed by atoms with Gasteiger partial charge in [-0.25, -0.2) is 0 Å². The smallest absolute Gasteiger partial charge is 0.236 e. The summed E-state index contributed by atoms with van der Waals surface area (Å²) in [7, 11) is 0. The number of benzene rings is 1. The largest absolute Gasteiger partial charge is 0.338 e. The molecule has 0 spiro atoms. The van der Waals surface area contributed by atoms with Crippen molar-refractivity contribution in [2.45, 2.75) is 17.6 Å². The molecule has 0 bridgehead atoms. The Hall–Kier alpha value is -0.810. The van der Waals surface area contributed by atoms with E-state index in [0.29, 0.717) is 17.5 Å². The first-order valence-corrected chi connectivity index (χ1v) is 6.20. The Balaban J connectivity index is 2.02. The maximum Gasteiger partial charge on any atom is 0.236 e. The van der Waals surface area contributed by atoms with Crippen LogP contribution in [0, 0.1) is 6.92 Å². The lowest BCUT2D eigenvalue weighted by molar-refractivity contribution is 0.387. The summed E-state index contributed by atoms with van der Waals surface area (Å²) < 4.78 is 6.12. The third-order valence-corrected chi connectivity index (χ3v) is 3.77. The quantitative estimate of drug-likeness (QED) is 0.810. The normalized spacial score (nSPS) is 10.5. The van der Waals surface area contributed by atoms with E-state index < -0.39 is 0 Å². The van der Waals surface area contributed by atoms with Gasteiger partial charge < -0.3 is 4.52 Å². The molecule has 1 aromatic heterocycles. The zero-order valence-electron chi connectivity index (χ0n) is 8.11. The summed E-state index contributed by atoms with van der Waals surface area (Å²) in [6, 6.07) is 8.07. The predicted molar refractivity (Wildman–Crippen MR) is 62.7 cm³/mol. The second kappa shape index (κ2) is 4.81. The average molecular weight is 285 g/mol. The van der Waals surface area contributed by atoms with Crippen LogP contribution in [0.2, 0.25) is 0 Å². The highest BCUT2D eigenvalue weighted by Gasteiger charge is 2.05. The predicted octanol–water partition coefficient (Wildman–Crippen LogP) is 3.43. The molecule has 0 amide bonds. The van der Waals surface area contributed by atoms with Gasteiger partial charge in [0.1, 0.15) is 0 Å². The minimum absolute atomic E-state index is 0.660. The third-order valence-electron chi connectivity index (χ3n) is 1.76. The van der Waals surface area contributed by atoms with Gasteiger partial charge in [-0.3, -0.25) is 0 Å². The van der Waals surface area contributed by atoms with Gasteiger partial charge in [0.15, 0.2) is 5.82 Å². The summed E-state index contributed by atoms with van der Waals surface area (Å²) in [5.41, 5.74) is 0. The lowest BCUT2D eigenvalue weighted by Gasteiger charge is -2.00. The molecular formula is C10H9BrN2OS. The van der Waals surface area contributed by atoms with Crippen LogP contribution in [0.1, 0.15) is 11.7 Å². The minimum atomic E-state index is 0.660. The van der Waals surface area contributed by atoms with Gasteiger partial charge in [-0.15, -0.1) is 11.8 Å².